The second kappa shape index (κ2) is 7.91. The molecule has 0 saturated carbocycles. The molecule has 4 rings (SSSR count). The smallest absolute Gasteiger partial charge is 0.410 e. The molecule has 0 spiro atoms. The molecule has 0 aliphatic carbocycles. The molecule has 0 radical (unpaired) electrons. The van der Waals surface area contributed by atoms with Crippen molar-refractivity contribution in [3.63, 3.8) is 0 Å². The molecule has 26 heavy (non-hydrogen) atoms. The van der Waals surface area contributed by atoms with Crippen LogP contribution >= 0.6 is 11.8 Å². The largest absolute Gasteiger partial charge is 0.454 e. The minimum atomic E-state index is -0.235. The number of thioether (sulfide) groups is 1. The molecule has 1 fully saturated rings. The van der Waals surface area contributed by atoms with Crippen LogP contribution in [0.3, 0.4) is 0 Å². The van der Waals surface area contributed by atoms with Crippen molar-refractivity contribution in [2.24, 2.45) is 0 Å². The molecule has 1 unspecified atom stereocenters. The molecule has 0 aromatic heterocycles. The van der Waals surface area contributed by atoms with Gasteiger partial charge in [-0.05, 0) is 29.7 Å². The number of benzene rings is 2. The third kappa shape index (κ3) is 3.90. The van der Waals surface area contributed by atoms with E-state index < -0.39 is 0 Å². The highest BCUT2D eigenvalue weighted by Crippen LogP contribution is 2.40. The summed E-state index contributed by atoms with van der Waals surface area (Å²) < 4.78 is 16.3. The number of fused-ring (bicyclic) bond motifs is 1. The lowest BCUT2D eigenvalue weighted by atomic mass is 10.1. The van der Waals surface area contributed by atoms with Crippen LogP contribution in [-0.4, -0.2) is 36.6 Å². The second-order valence-corrected chi connectivity index (χ2v) is 7.60. The number of amides is 1. The van der Waals surface area contributed by atoms with E-state index in [9.17, 15) is 4.79 Å². The number of hydrogen-bond acceptors (Lipinski definition) is 5. The van der Waals surface area contributed by atoms with Gasteiger partial charge in [-0.25, -0.2) is 4.79 Å². The zero-order chi connectivity index (χ0) is 17.8. The summed E-state index contributed by atoms with van der Waals surface area (Å²) in [5, 5.41) is 0.344. The van der Waals surface area contributed by atoms with Crippen LogP contribution in [0.2, 0.25) is 0 Å². The molecule has 5 nitrogen and oxygen atoms in total. The predicted octanol–water partition coefficient (Wildman–Crippen LogP) is 4.23. The molecule has 2 aromatic rings. The molecule has 1 amide bonds. The van der Waals surface area contributed by atoms with Crippen molar-refractivity contribution in [2.45, 2.75) is 18.3 Å². The number of hydrogen-bond donors (Lipinski definition) is 0. The summed E-state index contributed by atoms with van der Waals surface area (Å²) in [6.07, 6.45) is 0.658. The highest BCUT2D eigenvalue weighted by Gasteiger charge is 2.24. The Morgan fingerprint density at radius 1 is 1.12 bits per heavy atom. The lowest BCUT2D eigenvalue weighted by molar-refractivity contribution is 0.0985. The quantitative estimate of drug-likeness (QED) is 0.808. The maximum atomic E-state index is 12.4. The minimum absolute atomic E-state index is 0.235. The molecular weight excluding hydrogens is 350 g/mol. The summed E-state index contributed by atoms with van der Waals surface area (Å²) in [6, 6.07) is 15.9. The Hall–Kier alpha value is -2.34. The summed E-state index contributed by atoms with van der Waals surface area (Å²) in [5.74, 6) is 2.50. The van der Waals surface area contributed by atoms with Gasteiger partial charge in [0.2, 0.25) is 6.79 Å². The van der Waals surface area contributed by atoms with Crippen molar-refractivity contribution < 1.29 is 19.0 Å². The Bertz CT molecular complexity index is 768. The first kappa shape index (κ1) is 17.1. The van der Waals surface area contributed by atoms with E-state index in [0.717, 1.165) is 29.2 Å². The van der Waals surface area contributed by atoms with E-state index in [-0.39, 0.29) is 12.9 Å². The van der Waals surface area contributed by atoms with Gasteiger partial charge in [0.05, 0.1) is 0 Å². The Kier molecular flexibility index (Phi) is 5.20. The fourth-order valence-corrected chi connectivity index (χ4v) is 4.36. The summed E-state index contributed by atoms with van der Waals surface area (Å²) in [6.45, 7) is 2.01. The molecule has 1 atom stereocenters. The van der Waals surface area contributed by atoms with Gasteiger partial charge in [0.1, 0.15) is 6.61 Å². The standard InChI is InChI=1S/C20H21NO4S/c22-20(23-13-15-4-2-1-3-5-15)21-9-8-19(26-11-10-21)16-6-7-17-18(12-16)25-14-24-17/h1-7,12,19H,8-11,13-14H2. The maximum Gasteiger partial charge on any atom is 0.410 e. The number of carbonyl (C=O) groups excluding carboxylic acids is 1. The number of nitrogens with zero attached hydrogens (tertiary/aromatic N) is 1. The number of rotatable bonds is 3. The molecule has 0 N–H and O–H groups in total. The molecule has 2 aliphatic rings. The fraction of sp³-hybridized carbons (Fsp3) is 0.350. The summed E-state index contributed by atoms with van der Waals surface area (Å²) in [4.78, 5) is 14.2. The Labute approximate surface area is 157 Å². The van der Waals surface area contributed by atoms with Gasteiger partial charge in [-0.3, -0.25) is 0 Å². The first-order chi connectivity index (χ1) is 12.8. The van der Waals surface area contributed by atoms with E-state index in [4.69, 9.17) is 14.2 Å². The van der Waals surface area contributed by atoms with Gasteiger partial charge in [-0.2, -0.15) is 11.8 Å². The van der Waals surface area contributed by atoms with Crippen LogP contribution in [0.5, 0.6) is 11.5 Å². The molecule has 2 aliphatic heterocycles. The van der Waals surface area contributed by atoms with E-state index >= 15 is 0 Å². The van der Waals surface area contributed by atoms with Crippen LogP contribution in [0.1, 0.15) is 22.8 Å². The van der Waals surface area contributed by atoms with Crippen LogP contribution < -0.4 is 9.47 Å². The van der Waals surface area contributed by atoms with Crippen LogP contribution in [0.15, 0.2) is 48.5 Å². The van der Waals surface area contributed by atoms with Crippen molar-refractivity contribution in [2.75, 3.05) is 25.6 Å². The highest BCUT2D eigenvalue weighted by molar-refractivity contribution is 7.99. The summed E-state index contributed by atoms with van der Waals surface area (Å²) >= 11 is 1.87. The normalized spacial score (nSPS) is 19.1. The molecule has 2 aromatic carbocycles. The first-order valence-electron chi connectivity index (χ1n) is 8.76. The topological polar surface area (TPSA) is 48.0 Å². The van der Waals surface area contributed by atoms with Crippen LogP contribution in [0.4, 0.5) is 4.79 Å². The Morgan fingerprint density at radius 2 is 1.96 bits per heavy atom. The van der Waals surface area contributed by atoms with Crippen molar-refractivity contribution in [3.05, 3.63) is 59.7 Å². The SMILES string of the molecule is O=C(OCc1ccccc1)N1CCSC(c2ccc3c(c2)OCO3)CC1. The van der Waals surface area contributed by atoms with Gasteiger partial charge in [-0.1, -0.05) is 36.4 Å². The average Bonchev–Trinajstić information content (AvgIpc) is 3.01. The second-order valence-electron chi connectivity index (χ2n) is 6.29. The van der Waals surface area contributed by atoms with Crippen molar-refractivity contribution >= 4 is 17.9 Å². The Morgan fingerprint density at radius 3 is 2.85 bits per heavy atom. The van der Waals surface area contributed by atoms with Gasteiger partial charge in [0.25, 0.3) is 0 Å². The zero-order valence-electron chi connectivity index (χ0n) is 14.4. The monoisotopic (exact) mass is 371 g/mol. The molecule has 2 heterocycles. The molecule has 136 valence electrons. The van der Waals surface area contributed by atoms with Crippen LogP contribution in [0, 0.1) is 0 Å². The first-order valence-corrected chi connectivity index (χ1v) is 9.81. The average molecular weight is 371 g/mol. The van der Waals surface area contributed by atoms with E-state index in [0.29, 0.717) is 24.9 Å². The maximum absolute atomic E-state index is 12.4. The molecular formula is C20H21NO4S. The molecule has 0 bridgehead atoms. The zero-order valence-corrected chi connectivity index (χ0v) is 15.2. The molecule has 1 saturated heterocycles. The van der Waals surface area contributed by atoms with E-state index in [1.165, 1.54) is 5.56 Å². The number of carbonyl (C=O) groups is 1. The Balaban J connectivity index is 1.33. The third-order valence-corrected chi connectivity index (χ3v) is 5.90. The van der Waals surface area contributed by atoms with Crippen molar-refractivity contribution in [1.82, 2.24) is 4.90 Å². The lowest BCUT2D eigenvalue weighted by Crippen LogP contribution is -2.33. The lowest BCUT2D eigenvalue weighted by Gasteiger charge is -2.20. The van der Waals surface area contributed by atoms with Gasteiger partial charge in [0.15, 0.2) is 11.5 Å². The van der Waals surface area contributed by atoms with Crippen molar-refractivity contribution in [1.29, 1.82) is 0 Å². The van der Waals surface area contributed by atoms with Gasteiger partial charge in [0, 0.05) is 24.1 Å². The number of ether oxygens (including phenoxy) is 3. The van der Waals surface area contributed by atoms with Crippen LogP contribution in [-0.2, 0) is 11.3 Å². The molecule has 6 heteroatoms. The van der Waals surface area contributed by atoms with E-state index in [2.05, 4.69) is 12.1 Å². The van der Waals surface area contributed by atoms with E-state index in [1.54, 1.807) is 0 Å². The van der Waals surface area contributed by atoms with Crippen molar-refractivity contribution in [3.8, 4) is 11.5 Å². The predicted molar refractivity (Wildman–Crippen MR) is 101 cm³/mol. The van der Waals surface area contributed by atoms with Gasteiger partial charge >= 0.3 is 6.09 Å². The fourth-order valence-electron chi connectivity index (χ4n) is 3.14. The highest BCUT2D eigenvalue weighted by atomic mass is 32.2. The van der Waals surface area contributed by atoms with Gasteiger partial charge < -0.3 is 19.1 Å². The van der Waals surface area contributed by atoms with Crippen LogP contribution in [0.25, 0.3) is 0 Å². The van der Waals surface area contributed by atoms with E-state index in [1.807, 2.05) is 53.1 Å². The summed E-state index contributed by atoms with van der Waals surface area (Å²) in [7, 11) is 0. The van der Waals surface area contributed by atoms with Gasteiger partial charge in [-0.15, -0.1) is 0 Å². The minimum Gasteiger partial charge on any atom is -0.454 e. The summed E-state index contributed by atoms with van der Waals surface area (Å²) in [5.41, 5.74) is 2.22. The third-order valence-electron chi connectivity index (χ3n) is 4.57.